The fourth-order valence-electron chi connectivity index (χ4n) is 6.21. The number of carbonyl (C=O) groups is 1. The summed E-state index contributed by atoms with van der Waals surface area (Å²) in [6, 6.07) is 19.3. The molecule has 1 atom stereocenters. The number of rotatable bonds is 8. The molecule has 9 nitrogen and oxygen atoms in total. The lowest BCUT2D eigenvalue weighted by molar-refractivity contribution is -0.274. The molecular weight excluding hydrogens is 652 g/mol. The van der Waals surface area contributed by atoms with Gasteiger partial charge in [-0.05, 0) is 98.5 Å². The Morgan fingerprint density at radius 3 is 2.53 bits per heavy atom. The molecule has 1 aliphatic carbocycles. The van der Waals surface area contributed by atoms with Crippen LogP contribution in [0, 0.1) is 6.92 Å². The van der Waals surface area contributed by atoms with Gasteiger partial charge < -0.3 is 9.64 Å². The Morgan fingerprint density at radius 2 is 1.82 bits per heavy atom. The van der Waals surface area contributed by atoms with Gasteiger partial charge in [0.15, 0.2) is 11.0 Å². The molecule has 4 aromatic rings. The van der Waals surface area contributed by atoms with E-state index < -0.39 is 12.4 Å². The zero-order chi connectivity index (χ0) is 34.7. The number of hydrogen-bond acceptors (Lipinski definition) is 6. The van der Waals surface area contributed by atoms with Crippen LogP contribution in [0.4, 0.5) is 23.7 Å². The van der Waals surface area contributed by atoms with Crippen LogP contribution in [0.5, 0.6) is 5.75 Å². The molecule has 2 aliphatic rings. The first-order valence-corrected chi connectivity index (χ1v) is 17.3. The number of halogens is 3. The highest BCUT2D eigenvalue weighted by Crippen LogP contribution is 2.37. The van der Waals surface area contributed by atoms with Gasteiger partial charge >= 0.3 is 12.4 Å². The minimum Gasteiger partial charge on any atom is -0.406 e. The van der Waals surface area contributed by atoms with Gasteiger partial charge in [0.05, 0.1) is 5.69 Å². The molecule has 0 bridgehead atoms. The number of aromatic nitrogens is 3. The predicted octanol–water partition coefficient (Wildman–Crippen LogP) is 8.67. The van der Waals surface area contributed by atoms with Crippen molar-refractivity contribution >= 4 is 34.2 Å². The van der Waals surface area contributed by atoms with E-state index in [4.69, 9.17) is 5.84 Å². The Kier molecular flexibility index (Phi) is 10.1. The molecule has 1 aromatic heterocycles. The van der Waals surface area contributed by atoms with Gasteiger partial charge in [-0.15, -0.1) is 18.3 Å². The summed E-state index contributed by atoms with van der Waals surface area (Å²) < 4.78 is 42.9. The zero-order valence-electron chi connectivity index (χ0n) is 27.6. The van der Waals surface area contributed by atoms with Crippen LogP contribution < -0.4 is 15.5 Å². The zero-order valence-corrected chi connectivity index (χ0v) is 28.4. The van der Waals surface area contributed by atoms with Crippen molar-refractivity contribution in [2.45, 2.75) is 71.7 Å². The standard InChI is InChI=1S/C36H38F3N7O2S/c1-4-6-26-10-9-23(2)21-32(26)45-24(3)19-20-49-35(45)42-34(47)46(40)31-8-5-7-30(31)25-11-13-27(14-12-25)33-41-22-44(43-33)28-15-17-29(18-16-28)48-36(37,38)39/h9-18,21-22,24H,4-8,19-20,40H2,1-3H3/b42-35-. The number of anilines is 1. The molecule has 6 rings (SSSR count). The number of ether oxygens (including phenoxy) is 1. The quantitative estimate of drug-likeness (QED) is 0.112. The Hall–Kier alpha value is -4.62. The van der Waals surface area contributed by atoms with E-state index in [9.17, 15) is 18.0 Å². The summed E-state index contributed by atoms with van der Waals surface area (Å²) in [6.45, 7) is 6.42. The molecule has 1 saturated heterocycles. The monoisotopic (exact) mass is 689 g/mol. The van der Waals surface area contributed by atoms with E-state index in [0.29, 0.717) is 23.1 Å². The number of aryl methyl sites for hydroxylation is 2. The van der Waals surface area contributed by atoms with Crippen molar-refractivity contribution < 1.29 is 22.7 Å². The van der Waals surface area contributed by atoms with Crippen molar-refractivity contribution in [1.29, 1.82) is 0 Å². The van der Waals surface area contributed by atoms with Gasteiger partial charge in [0, 0.05) is 28.7 Å². The van der Waals surface area contributed by atoms with Crippen molar-refractivity contribution in [3.8, 4) is 22.8 Å². The van der Waals surface area contributed by atoms with Crippen LogP contribution in [-0.4, -0.2) is 49.1 Å². The minimum absolute atomic E-state index is 0.190. The van der Waals surface area contributed by atoms with Gasteiger partial charge in [-0.2, -0.15) is 4.99 Å². The van der Waals surface area contributed by atoms with E-state index in [-0.39, 0.29) is 11.8 Å². The van der Waals surface area contributed by atoms with Crippen LogP contribution in [0.25, 0.3) is 22.6 Å². The highest BCUT2D eigenvalue weighted by molar-refractivity contribution is 8.14. The molecule has 49 heavy (non-hydrogen) atoms. The van der Waals surface area contributed by atoms with Gasteiger partial charge in [-0.1, -0.05) is 61.5 Å². The maximum absolute atomic E-state index is 13.6. The average molecular weight is 690 g/mol. The van der Waals surface area contributed by atoms with E-state index in [0.717, 1.165) is 71.5 Å². The molecule has 0 saturated carbocycles. The number of alkyl halides is 3. The second kappa shape index (κ2) is 14.5. The molecule has 13 heteroatoms. The Morgan fingerprint density at radius 1 is 1.08 bits per heavy atom. The number of thioether (sulfide) groups is 1. The van der Waals surface area contributed by atoms with E-state index >= 15 is 0 Å². The number of benzene rings is 3. The number of allylic oxidation sites excluding steroid dienone is 2. The topological polar surface area (TPSA) is 102 Å². The highest BCUT2D eigenvalue weighted by atomic mass is 32.2. The minimum atomic E-state index is -4.76. The number of hydrazine groups is 1. The molecular formula is C36H38F3N7O2S. The molecule has 2 N–H and O–H groups in total. The SMILES string of the molecule is CCCc1ccc(C)cc1N1/C(=N/C(=O)N(N)C2=C(c3ccc(-c4ncn(-c5ccc(OC(F)(F)F)cc5)n4)cc3)CCC2)SCCC1C. The third kappa shape index (κ3) is 7.83. The lowest BCUT2D eigenvalue weighted by Crippen LogP contribution is -2.43. The van der Waals surface area contributed by atoms with Crippen LogP contribution in [0.15, 0.2) is 83.7 Å². The van der Waals surface area contributed by atoms with Crippen molar-refractivity contribution in [2.75, 3.05) is 10.7 Å². The van der Waals surface area contributed by atoms with E-state index in [1.54, 1.807) is 11.8 Å². The highest BCUT2D eigenvalue weighted by Gasteiger charge is 2.32. The van der Waals surface area contributed by atoms with Crippen molar-refractivity contribution in [2.24, 2.45) is 10.8 Å². The van der Waals surface area contributed by atoms with E-state index in [1.165, 1.54) is 45.8 Å². The van der Waals surface area contributed by atoms with Crippen molar-refractivity contribution in [3.63, 3.8) is 0 Å². The Bertz CT molecular complexity index is 1870. The lowest BCUT2D eigenvalue weighted by Gasteiger charge is -2.37. The number of amidine groups is 1. The van der Waals surface area contributed by atoms with Crippen LogP contribution in [0.1, 0.15) is 62.6 Å². The summed E-state index contributed by atoms with van der Waals surface area (Å²) in [5.74, 6) is 7.52. The van der Waals surface area contributed by atoms with E-state index in [1.807, 2.05) is 24.3 Å². The van der Waals surface area contributed by atoms with Crippen LogP contribution >= 0.6 is 11.8 Å². The van der Waals surface area contributed by atoms with Crippen LogP contribution in [0.2, 0.25) is 0 Å². The van der Waals surface area contributed by atoms with Gasteiger partial charge in [-0.3, -0.25) is 0 Å². The summed E-state index contributed by atoms with van der Waals surface area (Å²) in [6.07, 6.45) is 1.98. The summed E-state index contributed by atoms with van der Waals surface area (Å²) >= 11 is 1.59. The average Bonchev–Trinajstić information content (AvgIpc) is 3.76. The van der Waals surface area contributed by atoms with Gasteiger partial charge in [-0.25, -0.2) is 25.3 Å². The second-order valence-corrected chi connectivity index (χ2v) is 13.3. The number of urea groups is 1. The number of carbonyl (C=O) groups excluding carboxylic acids is 1. The summed E-state index contributed by atoms with van der Waals surface area (Å²) in [5.41, 5.74) is 7.49. The molecule has 1 fully saturated rings. The number of aliphatic imine (C=N–C) groups is 1. The molecule has 2 amide bonds. The maximum atomic E-state index is 13.6. The maximum Gasteiger partial charge on any atom is 0.573 e. The number of amides is 2. The number of nitrogens with zero attached hydrogens (tertiary/aromatic N) is 6. The predicted molar refractivity (Wildman–Crippen MR) is 187 cm³/mol. The fourth-order valence-corrected chi connectivity index (χ4v) is 7.41. The number of hydrogen-bond donors (Lipinski definition) is 1. The van der Waals surface area contributed by atoms with Gasteiger partial charge in [0.1, 0.15) is 12.1 Å². The van der Waals surface area contributed by atoms with Crippen molar-refractivity contribution in [3.05, 3.63) is 95.4 Å². The van der Waals surface area contributed by atoms with E-state index in [2.05, 4.69) is 63.7 Å². The molecule has 0 spiro atoms. The smallest absolute Gasteiger partial charge is 0.406 e. The summed E-state index contributed by atoms with van der Waals surface area (Å²) in [5, 5.41) is 6.37. The van der Waals surface area contributed by atoms with Gasteiger partial charge in [0.2, 0.25) is 0 Å². The fraction of sp³-hybridized carbons (Fsp3) is 0.333. The lowest BCUT2D eigenvalue weighted by atomic mass is 10.0. The number of nitrogens with two attached hydrogens (primary N) is 1. The first kappa shape index (κ1) is 34.3. The summed E-state index contributed by atoms with van der Waals surface area (Å²) in [7, 11) is 0. The molecule has 0 radical (unpaired) electrons. The van der Waals surface area contributed by atoms with Crippen molar-refractivity contribution in [1.82, 2.24) is 19.8 Å². The largest absolute Gasteiger partial charge is 0.573 e. The molecule has 2 heterocycles. The molecule has 1 aliphatic heterocycles. The third-order valence-corrected chi connectivity index (χ3v) is 9.61. The van der Waals surface area contributed by atoms with Crippen LogP contribution in [-0.2, 0) is 6.42 Å². The Balaban J connectivity index is 1.20. The summed E-state index contributed by atoms with van der Waals surface area (Å²) in [4.78, 5) is 24.8. The molecule has 256 valence electrons. The first-order valence-electron chi connectivity index (χ1n) is 16.3. The van der Waals surface area contributed by atoms with Crippen LogP contribution in [0.3, 0.4) is 0 Å². The molecule has 1 unspecified atom stereocenters. The first-order chi connectivity index (χ1) is 23.5. The Labute approximate surface area is 287 Å². The normalized spacial score (nSPS) is 17.6. The molecule has 3 aromatic carbocycles. The third-order valence-electron chi connectivity index (χ3n) is 8.63. The van der Waals surface area contributed by atoms with Gasteiger partial charge in [0.25, 0.3) is 0 Å². The second-order valence-electron chi connectivity index (χ2n) is 12.2.